The number of rotatable bonds is 23. The minimum absolute atomic E-state index is 0.0225. The highest BCUT2D eigenvalue weighted by Crippen LogP contribution is 2.46. The van der Waals surface area contributed by atoms with Crippen LogP contribution in [0.15, 0.2) is 59.4 Å². The molecule has 1 saturated carbocycles. The monoisotopic (exact) mass is 1070 g/mol. The fourth-order valence-electron chi connectivity index (χ4n) is 10.4. The molecule has 3 aliphatic heterocycles. The molecule has 5 heterocycles. The molecule has 410 valence electrons. The summed E-state index contributed by atoms with van der Waals surface area (Å²) in [5, 5.41) is 27.7. The SMILES string of the molecule is [2H]C(CCCC(=O)NCC(=O)NCC(=O)N[C@@H](Cc1ccccc1)C(=O)NCC(=O)NCO[C@@H](C(=O)N[C@H]1CCc2c(C)c(F)cc3nc4c(c1c23)Cn1c-4cc2c(c1=O)COC(=O)[C@]2(O)CC)C1CC1)CN1C(=O)C=CC1=O. The van der Waals surface area contributed by atoms with E-state index in [1.165, 1.54) is 10.6 Å². The van der Waals surface area contributed by atoms with Crippen LogP contribution in [-0.4, -0.2) is 118 Å². The van der Waals surface area contributed by atoms with Crippen molar-refractivity contribution in [3.8, 4) is 11.4 Å². The molecule has 5 atom stereocenters. The largest absolute Gasteiger partial charge is 0.458 e. The number of hydrogen-bond acceptors (Lipinski definition) is 14. The van der Waals surface area contributed by atoms with E-state index in [-0.39, 0.29) is 68.8 Å². The fraction of sp³-hybridized carbons (Fsp3) is 0.436. The van der Waals surface area contributed by atoms with E-state index < -0.39 is 121 Å². The number of imide groups is 1. The number of carbonyl (C=O) groups is 9. The number of ether oxygens (including phenoxy) is 2. The van der Waals surface area contributed by atoms with Gasteiger partial charge in [0.15, 0.2) is 5.60 Å². The predicted molar refractivity (Wildman–Crippen MR) is 274 cm³/mol. The third kappa shape index (κ3) is 11.6. The quantitative estimate of drug-likeness (QED) is 0.0274. The number of nitrogens with zero attached hydrogens (tertiary/aromatic N) is 3. The predicted octanol–water partition coefficient (Wildman–Crippen LogP) is 1.06. The molecule has 0 bridgehead atoms. The number of amides is 8. The van der Waals surface area contributed by atoms with Gasteiger partial charge in [-0.05, 0) is 86.1 Å². The maximum Gasteiger partial charge on any atom is 0.343 e. The van der Waals surface area contributed by atoms with E-state index in [2.05, 4.69) is 31.9 Å². The molecular formula is C55H60FN9O13. The first kappa shape index (κ1) is 53.2. The Morgan fingerprint density at radius 1 is 0.885 bits per heavy atom. The Hall–Kier alpha value is -8.18. The van der Waals surface area contributed by atoms with Gasteiger partial charge in [-0.2, -0.15) is 0 Å². The molecule has 2 aromatic carbocycles. The molecule has 1 unspecified atom stereocenters. The van der Waals surface area contributed by atoms with Gasteiger partial charge in [-0.3, -0.25) is 48.1 Å². The van der Waals surface area contributed by atoms with Gasteiger partial charge in [0.05, 0.1) is 54.7 Å². The summed E-state index contributed by atoms with van der Waals surface area (Å²) >= 11 is 0. The summed E-state index contributed by atoms with van der Waals surface area (Å²) in [6.07, 6.45) is 3.05. The number of esters is 1. The molecule has 9 rings (SSSR count). The molecule has 8 amide bonds. The molecule has 0 radical (unpaired) electrons. The first-order valence-electron chi connectivity index (χ1n) is 26.5. The molecule has 1 fully saturated rings. The summed E-state index contributed by atoms with van der Waals surface area (Å²) in [5.41, 5.74) is 1.90. The maximum atomic E-state index is 15.5. The van der Waals surface area contributed by atoms with E-state index in [0.29, 0.717) is 70.2 Å². The molecule has 2 aromatic heterocycles. The van der Waals surface area contributed by atoms with Crippen LogP contribution in [0.2, 0.25) is 0 Å². The van der Waals surface area contributed by atoms with Crippen molar-refractivity contribution in [3.63, 3.8) is 0 Å². The standard InChI is InChI=1S/C55H60FN9O13/c1-3-55(76)35-21-40-49-33(26-65(40)53(74)34(35)27-77-54(55)75)48-37(16-15-32-29(2)36(56)22-38(62-49)47(32)48)63-52(73)50(31-13-14-31)78-28-60-43(68)24-59-51(72)39(20-30-10-6-4-7-11-30)61-44(69)25-58-42(67)23-57-41(66)12-8-5-9-19-64-45(70)17-18-46(64)71/h4,6-7,10-11,17-18,21-22,31,37,39,50,76H,3,5,8-9,12-16,19-20,23-28H2,1-2H3,(H,57,66)(H,58,67)(H,59,72)(H,60,68)(H,61,69)(H,63,73)/t37-,39-,50+,55-/m0/s1/i9D/t9?,37-,39-,50+,55-. The summed E-state index contributed by atoms with van der Waals surface area (Å²) in [4.78, 5) is 135. The zero-order chi connectivity index (χ0) is 56.3. The molecule has 23 heteroatoms. The number of halogens is 1. The van der Waals surface area contributed by atoms with E-state index in [9.17, 15) is 53.1 Å². The molecular weight excluding hydrogens is 1010 g/mol. The molecule has 22 nitrogen and oxygen atoms in total. The van der Waals surface area contributed by atoms with Gasteiger partial charge in [-0.1, -0.05) is 43.7 Å². The highest BCUT2D eigenvalue weighted by molar-refractivity contribution is 6.12. The zero-order valence-electron chi connectivity index (χ0n) is 44.0. The average Bonchev–Trinajstić information content (AvgIpc) is 3.83. The molecule has 7 N–H and O–H groups in total. The van der Waals surface area contributed by atoms with Crippen LogP contribution in [-0.2, 0) is 84.2 Å². The number of pyridine rings is 2. The minimum Gasteiger partial charge on any atom is -0.458 e. The second-order valence-corrected chi connectivity index (χ2v) is 20.0. The van der Waals surface area contributed by atoms with E-state index >= 15 is 4.39 Å². The Morgan fingerprint density at radius 2 is 1.59 bits per heavy atom. The van der Waals surface area contributed by atoms with E-state index in [4.69, 9.17) is 15.8 Å². The van der Waals surface area contributed by atoms with Crippen LogP contribution in [0, 0.1) is 18.7 Å². The van der Waals surface area contributed by atoms with Gasteiger partial charge in [0.2, 0.25) is 35.4 Å². The van der Waals surface area contributed by atoms with Gasteiger partial charge < -0.3 is 51.0 Å². The number of aliphatic hydroxyl groups is 1. The molecule has 2 aliphatic carbocycles. The number of carbonyl (C=O) groups excluding carboxylic acids is 9. The highest BCUT2D eigenvalue weighted by Gasteiger charge is 2.46. The van der Waals surface area contributed by atoms with Gasteiger partial charge in [-0.15, -0.1) is 0 Å². The number of aromatic nitrogens is 2. The van der Waals surface area contributed by atoms with Gasteiger partial charge >= 0.3 is 5.97 Å². The van der Waals surface area contributed by atoms with Gasteiger partial charge in [0.1, 0.15) is 31.3 Å². The average molecular weight is 1080 g/mol. The summed E-state index contributed by atoms with van der Waals surface area (Å²) in [5.74, 6) is -6.23. The molecule has 0 saturated heterocycles. The van der Waals surface area contributed by atoms with Crippen molar-refractivity contribution in [2.75, 3.05) is 32.9 Å². The Bertz CT molecular complexity index is 3260. The number of hydrogen-bond donors (Lipinski definition) is 7. The van der Waals surface area contributed by atoms with Crippen LogP contribution in [0.3, 0.4) is 0 Å². The molecule has 0 spiro atoms. The van der Waals surface area contributed by atoms with Crippen LogP contribution in [0.1, 0.15) is 105 Å². The van der Waals surface area contributed by atoms with Gasteiger partial charge in [-0.25, -0.2) is 14.2 Å². The normalized spacial score (nSPS) is 19.1. The van der Waals surface area contributed by atoms with Gasteiger partial charge in [0, 0.05) is 55.5 Å². The second kappa shape index (κ2) is 23.2. The van der Waals surface area contributed by atoms with Crippen LogP contribution in [0.5, 0.6) is 0 Å². The Kier molecular flexibility index (Phi) is 15.8. The highest BCUT2D eigenvalue weighted by atomic mass is 19.1. The maximum absolute atomic E-state index is 15.5. The lowest BCUT2D eigenvalue weighted by Gasteiger charge is -2.31. The number of nitrogens with one attached hydrogen (secondary N) is 6. The number of aryl methyl sites for hydroxylation is 1. The lowest BCUT2D eigenvalue weighted by Crippen LogP contribution is -2.52. The lowest BCUT2D eigenvalue weighted by molar-refractivity contribution is -0.172. The van der Waals surface area contributed by atoms with Crippen molar-refractivity contribution in [1.82, 2.24) is 46.4 Å². The first-order valence-corrected chi connectivity index (χ1v) is 26.0. The Balaban J connectivity index is 0.776. The van der Waals surface area contributed by atoms with Crippen LogP contribution in [0.4, 0.5) is 4.39 Å². The first-order chi connectivity index (χ1) is 37.8. The number of benzene rings is 2. The third-order valence-corrected chi connectivity index (χ3v) is 14.8. The topological polar surface area (TPSA) is 303 Å². The van der Waals surface area contributed by atoms with E-state index in [0.717, 1.165) is 22.6 Å². The summed E-state index contributed by atoms with van der Waals surface area (Å²) < 4.78 is 36.4. The van der Waals surface area contributed by atoms with Crippen molar-refractivity contribution >= 4 is 64.1 Å². The molecule has 5 aliphatic rings. The van der Waals surface area contributed by atoms with E-state index in [1.807, 2.05) is 0 Å². The van der Waals surface area contributed by atoms with Crippen molar-refractivity contribution in [1.29, 1.82) is 0 Å². The number of cyclic esters (lactones) is 1. The molecule has 4 aromatic rings. The number of fused-ring (bicyclic) bond motifs is 5. The second-order valence-electron chi connectivity index (χ2n) is 20.0. The van der Waals surface area contributed by atoms with Crippen LogP contribution >= 0.6 is 0 Å². The lowest BCUT2D eigenvalue weighted by atomic mass is 9.81. The van der Waals surface area contributed by atoms with Gasteiger partial charge in [0.25, 0.3) is 17.4 Å². The minimum atomic E-state index is -2.06. The van der Waals surface area contributed by atoms with Crippen LogP contribution < -0.4 is 37.5 Å². The summed E-state index contributed by atoms with van der Waals surface area (Å²) in [6.45, 7) is 0.991. The summed E-state index contributed by atoms with van der Waals surface area (Å²) in [7, 11) is 0. The van der Waals surface area contributed by atoms with Crippen molar-refractivity contribution in [3.05, 3.63) is 110 Å². The fourth-order valence-corrected chi connectivity index (χ4v) is 10.4. The van der Waals surface area contributed by atoms with Crippen LogP contribution in [0.25, 0.3) is 22.3 Å². The smallest absolute Gasteiger partial charge is 0.343 e. The summed E-state index contributed by atoms with van der Waals surface area (Å²) in [6, 6.07) is 9.84. The Morgan fingerprint density at radius 3 is 2.32 bits per heavy atom. The van der Waals surface area contributed by atoms with Crippen molar-refractivity contribution < 1.29 is 63.5 Å². The Labute approximate surface area is 447 Å². The third-order valence-electron chi connectivity index (χ3n) is 14.8. The van der Waals surface area contributed by atoms with Crippen molar-refractivity contribution in [2.24, 2.45) is 5.92 Å². The van der Waals surface area contributed by atoms with E-state index in [1.54, 1.807) is 50.2 Å². The van der Waals surface area contributed by atoms with Crippen molar-refractivity contribution in [2.45, 2.75) is 115 Å². The molecule has 78 heavy (non-hydrogen) atoms. The zero-order valence-corrected chi connectivity index (χ0v) is 43.0.